The van der Waals surface area contributed by atoms with Crippen molar-refractivity contribution in [3.8, 4) is 0 Å². The Morgan fingerprint density at radius 2 is 2.28 bits per heavy atom. The quantitative estimate of drug-likeness (QED) is 0.495. The fourth-order valence-corrected chi connectivity index (χ4v) is 1.93. The van der Waals surface area contributed by atoms with Gasteiger partial charge in [-0.05, 0) is 32.1 Å². The topological polar surface area (TPSA) is 75.2 Å². The van der Waals surface area contributed by atoms with E-state index in [4.69, 9.17) is 17.0 Å². The number of nitrogens with zero attached hydrogens (tertiary/aromatic N) is 2. The Bertz CT molecular complexity index is 723. The Kier molecular flexibility index (Phi) is 3.33. The molecule has 0 amide bonds. The van der Waals surface area contributed by atoms with Crippen molar-refractivity contribution in [3.05, 3.63) is 26.9 Å². The molecule has 0 atom stereocenters. The summed E-state index contributed by atoms with van der Waals surface area (Å²) in [6.07, 6.45) is 0. The molecule has 2 aromatic rings. The Balaban J connectivity index is 2.68. The first-order valence-corrected chi connectivity index (χ1v) is 5.96. The predicted octanol–water partition coefficient (Wildman–Crippen LogP) is 1.91. The van der Waals surface area contributed by atoms with Crippen LogP contribution in [0, 0.1) is 11.7 Å². The summed E-state index contributed by atoms with van der Waals surface area (Å²) < 4.78 is 6.56. The molecule has 2 N–H and O–H groups in total. The van der Waals surface area contributed by atoms with Crippen LogP contribution in [0.15, 0.2) is 16.0 Å². The van der Waals surface area contributed by atoms with Crippen LogP contribution in [-0.4, -0.2) is 27.1 Å². The molecule has 0 spiro atoms. The van der Waals surface area contributed by atoms with E-state index in [2.05, 4.69) is 15.1 Å². The zero-order valence-electron chi connectivity index (χ0n) is 10.4. The van der Waals surface area contributed by atoms with Crippen molar-refractivity contribution < 1.29 is 4.74 Å². The molecule has 0 bridgehead atoms. The van der Waals surface area contributed by atoms with Crippen LogP contribution >= 0.6 is 12.2 Å². The van der Waals surface area contributed by atoms with Gasteiger partial charge in [0.1, 0.15) is 5.52 Å². The Morgan fingerprint density at radius 3 is 2.94 bits per heavy atom. The lowest BCUT2D eigenvalue weighted by atomic mass is 10.4. The molecule has 2 heterocycles. The molecule has 0 saturated carbocycles. The number of fused-ring (bicyclic) bond motifs is 1. The van der Waals surface area contributed by atoms with E-state index in [9.17, 15) is 4.79 Å². The second kappa shape index (κ2) is 4.77. The maximum atomic E-state index is 12.2. The number of hydrogen-bond acceptors (Lipinski definition) is 4. The smallest absolute Gasteiger partial charge is 0.299 e. The Morgan fingerprint density at radius 1 is 1.56 bits per heavy atom. The lowest BCUT2D eigenvalue weighted by Gasteiger charge is -2.03. The average Bonchev–Trinajstić information content (AvgIpc) is 2.65. The van der Waals surface area contributed by atoms with Crippen LogP contribution < -0.4 is 5.56 Å². The molecule has 0 aliphatic rings. The first-order valence-electron chi connectivity index (χ1n) is 5.56. The van der Waals surface area contributed by atoms with Crippen molar-refractivity contribution in [1.82, 2.24) is 14.6 Å². The minimum atomic E-state index is -0.291. The first kappa shape index (κ1) is 12.6. The molecule has 0 aliphatic heterocycles. The van der Waals surface area contributed by atoms with E-state index < -0.39 is 0 Å². The van der Waals surface area contributed by atoms with E-state index in [0.29, 0.717) is 23.5 Å². The average molecular weight is 266 g/mol. The molecular weight excluding hydrogens is 252 g/mol. The van der Waals surface area contributed by atoms with Crippen LogP contribution in [0.4, 0.5) is 0 Å². The van der Waals surface area contributed by atoms with Gasteiger partial charge in [-0.25, -0.2) is 0 Å². The lowest BCUT2D eigenvalue weighted by molar-refractivity contribution is 0.320. The third-order valence-corrected chi connectivity index (χ3v) is 2.66. The Labute approximate surface area is 108 Å². The highest BCUT2D eigenvalue weighted by atomic mass is 32.1. The summed E-state index contributed by atoms with van der Waals surface area (Å²) in [5, 5.41) is 4.05. The molecular formula is C11H14N4O2S. The molecule has 0 aromatic carbocycles. The summed E-state index contributed by atoms with van der Waals surface area (Å²) >= 11 is 5.11. The second-order valence-corrected chi connectivity index (χ2v) is 4.23. The summed E-state index contributed by atoms with van der Waals surface area (Å²) in [7, 11) is 0. The lowest BCUT2D eigenvalue weighted by Crippen LogP contribution is -2.20. The van der Waals surface area contributed by atoms with E-state index in [1.165, 1.54) is 0 Å². The summed E-state index contributed by atoms with van der Waals surface area (Å²) in [5.74, 6) is 0.390. The number of ether oxygens (including phenoxy) is 1. The molecule has 6 nitrogen and oxygen atoms in total. The third-order valence-electron chi connectivity index (χ3n) is 2.39. The molecule has 18 heavy (non-hydrogen) atoms. The SMILES string of the molecule is CCO/C(C)=N\n1c(=S)[nH]c2cc(C)[nH]c2c1=O. The van der Waals surface area contributed by atoms with Gasteiger partial charge < -0.3 is 14.7 Å². The van der Waals surface area contributed by atoms with Gasteiger partial charge in [-0.2, -0.15) is 4.68 Å². The van der Waals surface area contributed by atoms with Gasteiger partial charge in [-0.1, -0.05) is 0 Å². The highest BCUT2D eigenvalue weighted by Gasteiger charge is 2.07. The van der Waals surface area contributed by atoms with Crippen molar-refractivity contribution in [2.75, 3.05) is 6.61 Å². The number of aromatic nitrogens is 3. The zero-order chi connectivity index (χ0) is 13.3. The van der Waals surface area contributed by atoms with Gasteiger partial charge in [0.05, 0.1) is 12.1 Å². The van der Waals surface area contributed by atoms with E-state index in [0.717, 1.165) is 10.4 Å². The molecule has 0 aliphatic carbocycles. The normalized spacial score (nSPS) is 12.1. The highest BCUT2D eigenvalue weighted by molar-refractivity contribution is 7.71. The molecule has 7 heteroatoms. The molecule has 96 valence electrons. The number of H-pyrrole nitrogens is 2. The fourth-order valence-electron chi connectivity index (χ4n) is 1.69. The largest absolute Gasteiger partial charge is 0.480 e. The minimum Gasteiger partial charge on any atom is -0.480 e. The third kappa shape index (κ3) is 2.21. The van der Waals surface area contributed by atoms with Crippen molar-refractivity contribution >= 4 is 29.1 Å². The summed E-state index contributed by atoms with van der Waals surface area (Å²) in [5.41, 5.74) is 1.73. The van der Waals surface area contributed by atoms with Crippen LogP contribution in [0.3, 0.4) is 0 Å². The van der Waals surface area contributed by atoms with Gasteiger partial charge in [-0.3, -0.25) is 4.79 Å². The van der Waals surface area contributed by atoms with Gasteiger partial charge in [0.2, 0.25) is 10.7 Å². The minimum absolute atomic E-state index is 0.241. The van der Waals surface area contributed by atoms with E-state index in [1.54, 1.807) is 6.92 Å². The maximum Gasteiger partial charge on any atom is 0.299 e. The van der Waals surface area contributed by atoms with E-state index in [1.807, 2.05) is 19.9 Å². The molecule has 0 unspecified atom stereocenters. The highest BCUT2D eigenvalue weighted by Crippen LogP contribution is 2.07. The second-order valence-electron chi connectivity index (χ2n) is 3.84. The fraction of sp³-hybridized carbons (Fsp3) is 0.364. The van der Waals surface area contributed by atoms with Gasteiger partial charge >= 0.3 is 0 Å². The monoisotopic (exact) mass is 266 g/mol. The van der Waals surface area contributed by atoms with Crippen LogP contribution in [0.1, 0.15) is 19.5 Å². The molecule has 2 rings (SSSR count). The van der Waals surface area contributed by atoms with E-state index >= 15 is 0 Å². The van der Waals surface area contributed by atoms with Gasteiger partial charge in [-0.15, -0.1) is 5.10 Å². The van der Waals surface area contributed by atoms with Crippen LogP contribution in [0.25, 0.3) is 11.0 Å². The number of hydrogen-bond donors (Lipinski definition) is 2. The first-order chi connectivity index (χ1) is 8.52. The predicted molar refractivity (Wildman–Crippen MR) is 72.6 cm³/mol. The van der Waals surface area contributed by atoms with Crippen LogP contribution in [-0.2, 0) is 4.74 Å². The molecule has 0 fully saturated rings. The van der Waals surface area contributed by atoms with Gasteiger partial charge in [0.25, 0.3) is 5.56 Å². The number of nitrogens with one attached hydrogen (secondary N) is 2. The van der Waals surface area contributed by atoms with Gasteiger partial charge in [0, 0.05) is 12.6 Å². The van der Waals surface area contributed by atoms with E-state index in [-0.39, 0.29) is 10.3 Å². The number of aryl methyl sites for hydroxylation is 1. The van der Waals surface area contributed by atoms with Crippen molar-refractivity contribution in [2.24, 2.45) is 5.10 Å². The molecule has 2 aromatic heterocycles. The summed E-state index contributed by atoms with van der Waals surface area (Å²) in [6, 6.07) is 1.83. The number of aromatic amines is 2. The molecule has 0 saturated heterocycles. The standard InChI is InChI=1S/C11H14N4O2S/c1-4-17-7(3)14-15-10(16)9-8(13-11(15)18)5-6(2)12-9/h5,12H,4H2,1-3H3,(H,13,18)/b14-7-. The van der Waals surface area contributed by atoms with Crippen molar-refractivity contribution in [3.63, 3.8) is 0 Å². The zero-order valence-corrected chi connectivity index (χ0v) is 11.2. The van der Waals surface area contributed by atoms with Crippen molar-refractivity contribution in [1.29, 1.82) is 0 Å². The molecule has 0 radical (unpaired) electrons. The summed E-state index contributed by atoms with van der Waals surface area (Å²) in [4.78, 5) is 18.1. The summed E-state index contributed by atoms with van der Waals surface area (Å²) in [6.45, 7) is 5.88. The van der Waals surface area contributed by atoms with Crippen molar-refractivity contribution in [2.45, 2.75) is 20.8 Å². The van der Waals surface area contributed by atoms with Gasteiger partial charge in [0.15, 0.2) is 0 Å². The Hall–Kier alpha value is -1.89. The van der Waals surface area contributed by atoms with Crippen LogP contribution in [0.2, 0.25) is 0 Å². The maximum absolute atomic E-state index is 12.2. The number of rotatable bonds is 2. The van der Waals surface area contributed by atoms with Crippen LogP contribution in [0.5, 0.6) is 0 Å².